The summed E-state index contributed by atoms with van der Waals surface area (Å²) in [5.41, 5.74) is 3.48. The van der Waals surface area contributed by atoms with Gasteiger partial charge in [0.1, 0.15) is 18.0 Å². The van der Waals surface area contributed by atoms with Gasteiger partial charge in [-0.2, -0.15) is 0 Å². The minimum atomic E-state index is 0.210. The Labute approximate surface area is 134 Å². The van der Waals surface area contributed by atoms with Gasteiger partial charge in [-0.3, -0.25) is 0 Å². The number of H-pyrrole nitrogens is 1. The van der Waals surface area contributed by atoms with Gasteiger partial charge < -0.3 is 9.72 Å². The molecule has 5 nitrogen and oxygen atoms in total. The smallest absolute Gasteiger partial charge is 0.235 e. The average Bonchev–Trinajstić information content (AvgIpc) is 3.22. The Morgan fingerprint density at radius 2 is 1.87 bits per heavy atom. The van der Waals surface area contributed by atoms with Gasteiger partial charge in [0, 0.05) is 0 Å². The molecule has 2 aromatic heterocycles. The number of nitrogens with one attached hydrogen (secondary N) is 1. The van der Waals surface area contributed by atoms with Crippen LogP contribution in [0.25, 0.3) is 22.6 Å². The van der Waals surface area contributed by atoms with Crippen molar-refractivity contribution >= 4 is 16.9 Å². The van der Waals surface area contributed by atoms with E-state index in [4.69, 9.17) is 4.74 Å². The van der Waals surface area contributed by atoms with Gasteiger partial charge in [-0.25, -0.2) is 15.0 Å². The van der Waals surface area contributed by atoms with Crippen molar-refractivity contribution in [3.05, 3.63) is 48.2 Å². The van der Waals surface area contributed by atoms with Crippen LogP contribution in [0.5, 0.6) is 0 Å². The van der Waals surface area contributed by atoms with Gasteiger partial charge in [0.05, 0.1) is 17.1 Å². The Bertz CT molecular complexity index is 848. The molecule has 0 fully saturated rings. The Hall–Kier alpha value is -2.69. The van der Waals surface area contributed by atoms with Crippen LogP contribution in [0.15, 0.2) is 47.5 Å². The molecule has 1 aromatic carbocycles. The molecule has 116 valence electrons. The minimum absolute atomic E-state index is 0.210. The summed E-state index contributed by atoms with van der Waals surface area (Å²) in [5, 5.41) is 0. The number of ether oxygens (including phenoxy) is 1. The lowest BCUT2D eigenvalue weighted by molar-refractivity contribution is 0.291. The van der Waals surface area contributed by atoms with Crippen molar-refractivity contribution < 1.29 is 4.74 Å². The highest BCUT2D eigenvalue weighted by atomic mass is 16.5. The third-order valence-electron chi connectivity index (χ3n) is 4.04. The quantitative estimate of drug-likeness (QED) is 0.806. The molecule has 23 heavy (non-hydrogen) atoms. The molecule has 1 aliphatic heterocycles. The van der Waals surface area contributed by atoms with E-state index in [9.17, 15) is 0 Å². The molecule has 3 heterocycles. The van der Waals surface area contributed by atoms with E-state index in [1.807, 2.05) is 42.5 Å². The molecular weight excluding hydrogens is 288 g/mol. The number of benzene rings is 1. The van der Waals surface area contributed by atoms with Gasteiger partial charge in [0.25, 0.3) is 0 Å². The molecule has 1 atom stereocenters. The van der Waals surface area contributed by atoms with E-state index >= 15 is 0 Å². The monoisotopic (exact) mass is 306 g/mol. The SMILES string of the molecule is CC(C)[C@@H]1COC(c2cccc(-c3nc4ccccc4[nH]3)n2)=N1. The highest BCUT2D eigenvalue weighted by molar-refractivity contribution is 5.93. The molecule has 0 saturated carbocycles. The summed E-state index contributed by atoms with van der Waals surface area (Å²) in [4.78, 5) is 17.2. The Morgan fingerprint density at radius 1 is 1.04 bits per heavy atom. The lowest BCUT2D eigenvalue weighted by Gasteiger charge is -2.06. The van der Waals surface area contributed by atoms with E-state index in [1.54, 1.807) is 0 Å². The van der Waals surface area contributed by atoms with Gasteiger partial charge >= 0.3 is 0 Å². The van der Waals surface area contributed by atoms with Crippen molar-refractivity contribution in [1.29, 1.82) is 0 Å². The Morgan fingerprint density at radius 3 is 2.65 bits per heavy atom. The van der Waals surface area contributed by atoms with Gasteiger partial charge in [0.2, 0.25) is 5.90 Å². The van der Waals surface area contributed by atoms with Crippen LogP contribution in [0.4, 0.5) is 0 Å². The molecular formula is C18H18N4O. The van der Waals surface area contributed by atoms with Crippen molar-refractivity contribution in [3.8, 4) is 11.5 Å². The number of hydrogen-bond acceptors (Lipinski definition) is 4. The number of hydrogen-bond donors (Lipinski definition) is 1. The molecule has 0 unspecified atom stereocenters. The van der Waals surface area contributed by atoms with Gasteiger partial charge in [-0.15, -0.1) is 0 Å². The van der Waals surface area contributed by atoms with E-state index in [0.29, 0.717) is 18.4 Å². The van der Waals surface area contributed by atoms with Gasteiger partial charge in [0.15, 0.2) is 5.82 Å². The number of pyridine rings is 1. The number of aliphatic imine (C=N–C) groups is 1. The fraction of sp³-hybridized carbons (Fsp3) is 0.278. The van der Waals surface area contributed by atoms with Crippen molar-refractivity contribution in [2.75, 3.05) is 6.61 Å². The lowest BCUT2D eigenvalue weighted by atomic mass is 10.1. The maximum absolute atomic E-state index is 5.72. The first kappa shape index (κ1) is 13.9. The van der Waals surface area contributed by atoms with Crippen molar-refractivity contribution in [2.45, 2.75) is 19.9 Å². The fourth-order valence-electron chi connectivity index (χ4n) is 2.63. The second-order valence-electron chi connectivity index (χ2n) is 6.07. The molecule has 0 aliphatic carbocycles. The summed E-state index contributed by atoms with van der Waals surface area (Å²) in [6.07, 6.45) is 0. The van der Waals surface area contributed by atoms with Crippen LogP contribution in [-0.2, 0) is 4.74 Å². The second kappa shape index (κ2) is 5.50. The standard InChI is InChI=1S/C18H18N4O/c1-11(2)16-10-23-18(22-16)15-9-5-8-14(19-15)17-20-12-6-3-4-7-13(12)21-17/h3-9,11,16H,10H2,1-2H3,(H,20,21)/t16-/m0/s1. The summed E-state index contributed by atoms with van der Waals surface area (Å²) in [6, 6.07) is 14.0. The summed E-state index contributed by atoms with van der Waals surface area (Å²) in [7, 11) is 0. The van der Waals surface area contributed by atoms with Crippen LogP contribution in [-0.4, -0.2) is 33.5 Å². The van der Waals surface area contributed by atoms with E-state index in [0.717, 1.165) is 28.2 Å². The third-order valence-corrected chi connectivity index (χ3v) is 4.04. The molecule has 0 saturated heterocycles. The van der Waals surface area contributed by atoms with Crippen LogP contribution in [0.1, 0.15) is 19.5 Å². The predicted molar refractivity (Wildman–Crippen MR) is 90.4 cm³/mol. The third kappa shape index (κ3) is 2.59. The zero-order valence-corrected chi connectivity index (χ0v) is 13.2. The van der Waals surface area contributed by atoms with Crippen LogP contribution in [0.3, 0.4) is 0 Å². The molecule has 0 radical (unpaired) electrons. The number of aromatic nitrogens is 3. The molecule has 4 rings (SSSR count). The summed E-state index contributed by atoms with van der Waals surface area (Å²) < 4.78 is 5.72. The van der Waals surface area contributed by atoms with E-state index in [1.165, 1.54) is 0 Å². The minimum Gasteiger partial charge on any atom is -0.474 e. The summed E-state index contributed by atoms with van der Waals surface area (Å²) in [5.74, 6) is 1.85. The molecule has 1 aliphatic rings. The number of fused-ring (bicyclic) bond motifs is 1. The maximum Gasteiger partial charge on any atom is 0.235 e. The molecule has 0 spiro atoms. The molecule has 0 bridgehead atoms. The summed E-state index contributed by atoms with van der Waals surface area (Å²) >= 11 is 0. The van der Waals surface area contributed by atoms with Crippen molar-refractivity contribution in [1.82, 2.24) is 15.0 Å². The van der Waals surface area contributed by atoms with Gasteiger partial charge in [-0.05, 0) is 30.2 Å². The topological polar surface area (TPSA) is 63.2 Å². The number of aromatic amines is 1. The van der Waals surface area contributed by atoms with Crippen LogP contribution >= 0.6 is 0 Å². The van der Waals surface area contributed by atoms with Crippen LogP contribution in [0.2, 0.25) is 0 Å². The summed E-state index contributed by atoms with van der Waals surface area (Å²) in [6.45, 7) is 4.93. The second-order valence-corrected chi connectivity index (χ2v) is 6.07. The van der Waals surface area contributed by atoms with E-state index in [-0.39, 0.29) is 6.04 Å². The normalized spacial score (nSPS) is 17.5. The van der Waals surface area contributed by atoms with Crippen molar-refractivity contribution in [2.24, 2.45) is 10.9 Å². The number of para-hydroxylation sites is 2. The maximum atomic E-state index is 5.72. The molecule has 0 amide bonds. The van der Waals surface area contributed by atoms with Gasteiger partial charge in [-0.1, -0.05) is 32.0 Å². The van der Waals surface area contributed by atoms with E-state index in [2.05, 4.69) is 33.8 Å². The lowest BCUT2D eigenvalue weighted by Crippen LogP contribution is -2.13. The zero-order valence-electron chi connectivity index (χ0n) is 13.2. The van der Waals surface area contributed by atoms with E-state index < -0.39 is 0 Å². The van der Waals surface area contributed by atoms with Crippen molar-refractivity contribution in [3.63, 3.8) is 0 Å². The largest absolute Gasteiger partial charge is 0.474 e. The number of rotatable bonds is 3. The first-order chi connectivity index (χ1) is 11.2. The first-order valence-corrected chi connectivity index (χ1v) is 7.84. The highest BCUT2D eigenvalue weighted by Crippen LogP contribution is 2.21. The molecule has 5 heteroatoms. The Balaban J connectivity index is 1.70. The fourth-order valence-corrected chi connectivity index (χ4v) is 2.63. The first-order valence-electron chi connectivity index (χ1n) is 7.84. The van der Waals surface area contributed by atoms with Crippen LogP contribution in [0, 0.1) is 5.92 Å². The number of nitrogens with zero attached hydrogens (tertiary/aromatic N) is 3. The molecule has 1 N–H and O–H groups in total. The predicted octanol–water partition coefficient (Wildman–Crippen LogP) is 3.43. The molecule has 3 aromatic rings. The highest BCUT2D eigenvalue weighted by Gasteiger charge is 2.23. The van der Waals surface area contributed by atoms with Crippen LogP contribution < -0.4 is 0 Å². The zero-order chi connectivity index (χ0) is 15.8. The Kier molecular flexibility index (Phi) is 3.33. The number of imidazole rings is 1. The average molecular weight is 306 g/mol.